The second kappa shape index (κ2) is 18.8. The van der Waals surface area contributed by atoms with Crippen molar-refractivity contribution in [2.75, 3.05) is 0 Å². The van der Waals surface area contributed by atoms with Crippen molar-refractivity contribution in [3.05, 3.63) is 0 Å². The van der Waals surface area contributed by atoms with Crippen LogP contribution in [0.4, 0.5) is 0 Å². The number of rotatable bonds is 6. The molecule has 0 saturated heterocycles. The molecule has 7 aliphatic rings. The number of hydrogen-bond donors (Lipinski definition) is 0. The second-order valence-corrected chi connectivity index (χ2v) is 30.1. The third-order valence-electron chi connectivity index (χ3n) is 21.7. The van der Waals surface area contributed by atoms with Crippen LogP contribution < -0.4 is 0 Å². The first-order valence-electron chi connectivity index (χ1n) is 28.3. The van der Waals surface area contributed by atoms with E-state index < -0.39 is 0 Å². The second-order valence-electron chi connectivity index (χ2n) is 30.1. The first-order valence-corrected chi connectivity index (χ1v) is 28.3. The Morgan fingerprint density at radius 1 is 0.274 bits per heavy atom. The van der Waals surface area contributed by atoms with Crippen LogP contribution in [-0.2, 0) is 0 Å². The molecule has 0 heterocycles. The van der Waals surface area contributed by atoms with Gasteiger partial charge in [-0.2, -0.15) is 0 Å². The number of fused-ring (bicyclic) bond motifs is 2. The highest BCUT2D eigenvalue weighted by atomic mass is 15.3. The number of nitrogens with zero attached hydrogens (tertiary/aromatic N) is 2. The summed E-state index contributed by atoms with van der Waals surface area (Å²) in [4.78, 5) is 7.08. The first-order chi connectivity index (χ1) is 28.8. The van der Waals surface area contributed by atoms with Crippen molar-refractivity contribution < 1.29 is 0 Å². The lowest BCUT2D eigenvalue weighted by Gasteiger charge is -2.67. The Bertz CT molecular complexity index is 1290. The van der Waals surface area contributed by atoms with Gasteiger partial charge in [-0.1, -0.05) is 125 Å². The van der Waals surface area contributed by atoms with Gasteiger partial charge < -0.3 is 0 Å². The predicted octanol–water partition coefficient (Wildman–Crippen LogP) is 16.8. The van der Waals surface area contributed by atoms with Crippen LogP contribution in [0.15, 0.2) is 0 Å². The summed E-state index contributed by atoms with van der Waals surface area (Å²) in [7, 11) is 0. The van der Waals surface area contributed by atoms with Gasteiger partial charge in [-0.3, -0.25) is 9.80 Å². The van der Waals surface area contributed by atoms with Crippen LogP contribution in [0.3, 0.4) is 0 Å². The minimum Gasteiger partial charge on any atom is -0.293 e. The van der Waals surface area contributed by atoms with Crippen molar-refractivity contribution in [2.45, 2.75) is 276 Å². The molecule has 7 fully saturated rings. The van der Waals surface area contributed by atoms with Crippen LogP contribution in [0, 0.1) is 105 Å². The Balaban J connectivity index is 1.40. The highest BCUT2D eigenvalue weighted by Crippen LogP contribution is 2.62. The molecule has 7 aliphatic carbocycles. The molecule has 62 heavy (non-hydrogen) atoms. The molecule has 7 rings (SSSR count). The van der Waals surface area contributed by atoms with E-state index >= 15 is 0 Å². The largest absolute Gasteiger partial charge is 0.293 e. The van der Waals surface area contributed by atoms with E-state index in [4.69, 9.17) is 0 Å². The molecular weight excluding hydrogens is 749 g/mol. The molecule has 0 aliphatic heterocycles. The molecule has 0 spiro atoms. The summed E-state index contributed by atoms with van der Waals surface area (Å²) in [5.74, 6) is 11.7. The summed E-state index contributed by atoms with van der Waals surface area (Å²) in [5, 5.41) is 0. The fraction of sp³-hybridized carbons (Fsp3) is 1.00. The molecule has 7 saturated carbocycles. The molecule has 0 aromatic heterocycles. The molecular formula is C60H110N2. The minimum absolute atomic E-state index is 0.385. The predicted molar refractivity (Wildman–Crippen MR) is 270 cm³/mol. The maximum absolute atomic E-state index is 3.54. The van der Waals surface area contributed by atoms with Crippen molar-refractivity contribution in [1.82, 2.24) is 9.80 Å². The summed E-state index contributed by atoms with van der Waals surface area (Å²) < 4.78 is 0. The SMILES string of the molecule is CC1CCC(N(C2C(C)CC(C(C)(C)C)CC2C)C2C3CCC(C(C)(C)C)CC3C(N(C3CCC(C)CC3)C3C(C)CC(C(C)(C)C)CC3C)C3CCC(C(C)(C)C)CC32)CC1. The van der Waals surface area contributed by atoms with Gasteiger partial charge in [0.15, 0.2) is 0 Å². The molecule has 0 aromatic carbocycles. The van der Waals surface area contributed by atoms with Crippen molar-refractivity contribution in [3.63, 3.8) is 0 Å². The van der Waals surface area contributed by atoms with Crippen molar-refractivity contribution in [2.24, 2.45) is 105 Å². The van der Waals surface area contributed by atoms with Crippen molar-refractivity contribution in [1.29, 1.82) is 0 Å². The third kappa shape index (κ3) is 10.3. The molecule has 0 radical (unpaired) electrons. The van der Waals surface area contributed by atoms with Gasteiger partial charge in [0.05, 0.1) is 0 Å². The Kier molecular flexibility index (Phi) is 15.1. The first kappa shape index (κ1) is 49.8. The summed E-state index contributed by atoms with van der Waals surface area (Å²) >= 11 is 0. The van der Waals surface area contributed by atoms with Crippen LogP contribution >= 0.6 is 0 Å². The Morgan fingerprint density at radius 3 is 0.806 bits per heavy atom. The van der Waals surface area contributed by atoms with Gasteiger partial charge in [0.1, 0.15) is 0 Å². The molecule has 2 nitrogen and oxygen atoms in total. The highest BCUT2D eigenvalue weighted by molar-refractivity contribution is 5.14. The van der Waals surface area contributed by atoms with E-state index in [1.807, 2.05) is 0 Å². The average Bonchev–Trinajstić information content (AvgIpc) is 3.16. The van der Waals surface area contributed by atoms with E-state index in [0.29, 0.717) is 21.7 Å². The van der Waals surface area contributed by atoms with E-state index in [2.05, 4.69) is 134 Å². The topological polar surface area (TPSA) is 6.48 Å². The van der Waals surface area contributed by atoms with Crippen molar-refractivity contribution in [3.8, 4) is 0 Å². The number of hydrogen-bond acceptors (Lipinski definition) is 2. The Labute approximate surface area is 389 Å². The molecule has 12 atom stereocenters. The molecule has 0 N–H and O–H groups in total. The monoisotopic (exact) mass is 859 g/mol. The minimum atomic E-state index is 0.385. The van der Waals surface area contributed by atoms with Crippen LogP contribution in [-0.4, -0.2) is 46.1 Å². The zero-order valence-corrected chi connectivity index (χ0v) is 45.2. The van der Waals surface area contributed by atoms with Crippen LogP contribution in [0.25, 0.3) is 0 Å². The fourth-order valence-electron chi connectivity index (χ4n) is 17.9. The standard InChI is InChI=1S/C60H110N2/c1-37-19-25-47(26-20-37)61(53-39(3)31-45(32-40(53)4)59(13,14)15)55-49-29-23-44(58(10,11)12)36-52(49)56(50-30-24-43(35-51(50)55)57(7,8)9)62(48-27-21-38(2)22-28-48)54-41(5)33-46(34-42(54)6)60(16,17)18/h37-56H,19-36H2,1-18H3. The van der Waals surface area contributed by atoms with Gasteiger partial charge in [-0.25, -0.2) is 0 Å². The summed E-state index contributed by atoms with van der Waals surface area (Å²) in [6.45, 7) is 47.4. The van der Waals surface area contributed by atoms with Crippen LogP contribution in [0.2, 0.25) is 0 Å². The van der Waals surface area contributed by atoms with Crippen LogP contribution in [0.1, 0.15) is 240 Å². The van der Waals surface area contributed by atoms with E-state index in [1.165, 1.54) is 116 Å². The van der Waals surface area contributed by atoms with Crippen LogP contribution in [0.5, 0.6) is 0 Å². The molecule has 0 bridgehead atoms. The Morgan fingerprint density at radius 2 is 0.548 bits per heavy atom. The lowest BCUT2D eigenvalue weighted by Crippen LogP contribution is -2.71. The van der Waals surface area contributed by atoms with E-state index in [-0.39, 0.29) is 0 Å². The fourth-order valence-corrected chi connectivity index (χ4v) is 17.9. The molecule has 0 aromatic rings. The molecule has 2 heteroatoms. The quantitative estimate of drug-likeness (QED) is 0.263. The normalized spacial score (nSPS) is 46.6. The van der Waals surface area contributed by atoms with Crippen molar-refractivity contribution >= 4 is 0 Å². The van der Waals surface area contributed by atoms with E-state index in [0.717, 1.165) is 119 Å². The van der Waals surface area contributed by atoms with Gasteiger partial charge in [-0.15, -0.1) is 0 Å². The van der Waals surface area contributed by atoms with E-state index in [1.54, 1.807) is 0 Å². The maximum atomic E-state index is 3.54. The van der Waals surface area contributed by atoms with Gasteiger partial charge in [0, 0.05) is 36.3 Å². The van der Waals surface area contributed by atoms with Gasteiger partial charge in [0.2, 0.25) is 0 Å². The summed E-state index contributed by atoms with van der Waals surface area (Å²) in [6.07, 6.45) is 26.3. The zero-order chi connectivity index (χ0) is 45.4. The lowest BCUT2D eigenvalue weighted by atomic mass is 9.48. The highest BCUT2D eigenvalue weighted by Gasteiger charge is 2.62. The molecule has 12 unspecified atom stereocenters. The van der Waals surface area contributed by atoms with Gasteiger partial charge in [0.25, 0.3) is 0 Å². The molecule has 0 amide bonds. The van der Waals surface area contributed by atoms with Gasteiger partial charge in [-0.05, 0) is 220 Å². The molecule has 360 valence electrons. The van der Waals surface area contributed by atoms with E-state index in [9.17, 15) is 0 Å². The zero-order valence-electron chi connectivity index (χ0n) is 45.2. The maximum Gasteiger partial charge on any atom is 0.0164 e. The Hall–Kier alpha value is -0.0800. The lowest BCUT2D eigenvalue weighted by molar-refractivity contribution is -0.182. The average molecular weight is 860 g/mol. The summed E-state index contributed by atoms with van der Waals surface area (Å²) in [6, 6.07) is 4.60. The summed E-state index contributed by atoms with van der Waals surface area (Å²) in [5.41, 5.74) is 1.58. The van der Waals surface area contributed by atoms with Gasteiger partial charge >= 0.3 is 0 Å². The third-order valence-corrected chi connectivity index (χ3v) is 21.7. The smallest absolute Gasteiger partial charge is 0.0164 e.